The average molecular weight is 442 g/mol. The smallest absolute Gasteiger partial charge is 0.329 e. The molecule has 0 radical (unpaired) electrons. The Labute approximate surface area is 177 Å². The minimum absolute atomic E-state index is 0.0646. The van der Waals surface area contributed by atoms with E-state index in [2.05, 4.69) is 15.5 Å². The van der Waals surface area contributed by atoms with Crippen molar-refractivity contribution in [1.82, 2.24) is 24.8 Å². The van der Waals surface area contributed by atoms with E-state index in [1.54, 1.807) is 0 Å². The molecule has 0 unspecified atom stereocenters. The number of sulfonamides is 1. The zero-order valence-corrected chi connectivity index (χ0v) is 16.9. The van der Waals surface area contributed by atoms with Gasteiger partial charge in [-0.1, -0.05) is 24.3 Å². The lowest BCUT2D eigenvalue weighted by Gasteiger charge is -2.11. The number of non-ortho nitro benzene ring substituents is 1. The van der Waals surface area contributed by atoms with Gasteiger partial charge < -0.3 is 5.32 Å². The minimum Gasteiger partial charge on any atom is -0.330 e. The predicted octanol–water partition coefficient (Wildman–Crippen LogP) is 2.24. The number of nitrogens with zero attached hydrogens (tertiary/aromatic N) is 4. The Morgan fingerprint density at radius 2 is 1.87 bits per heavy atom. The van der Waals surface area contributed by atoms with Crippen molar-refractivity contribution in [2.45, 2.75) is 30.2 Å². The van der Waals surface area contributed by atoms with Crippen LogP contribution in [0.2, 0.25) is 0 Å². The molecular weight excluding hydrogens is 424 g/mol. The van der Waals surface area contributed by atoms with Crippen molar-refractivity contribution in [2.75, 3.05) is 0 Å². The van der Waals surface area contributed by atoms with Crippen LogP contribution in [0.4, 0.5) is 10.5 Å². The summed E-state index contributed by atoms with van der Waals surface area (Å²) in [5, 5.41) is 21.7. The molecular formula is C19H18N6O5S. The fraction of sp³-hybridized carbons (Fsp3) is 0.211. The van der Waals surface area contributed by atoms with Crippen molar-refractivity contribution in [3.05, 3.63) is 76.4 Å². The molecule has 2 amide bonds. The molecule has 0 atom stereocenters. The third kappa shape index (κ3) is 4.53. The maximum atomic E-state index is 12.4. The highest BCUT2D eigenvalue weighted by Crippen LogP contribution is 2.40. The molecule has 12 heteroatoms. The molecule has 2 N–H and O–H groups in total. The van der Waals surface area contributed by atoms with Crippen molar-refractivity contribution >= 4 is 21.7 Å². The van der Waals surface area contributed by atoms with Gasteiger partial charge in [0.05, 0.1) is 16.4 Å². The summed E-state index contributed by atoms with van der Waals surface area (Å²) in [6.45, 7) is -0.0646. The van der Waals surface area contributed by atoms with E-state index in [-0.39, 0.29) is 11.4 Å². The second kappa shape index (κ2) is 8.14. The molecule has 160 valence electrons. The van der Waals surface area contributed by atoms with E-state index in [1.807, 2.05) is 39.6 Å². The predicted molar refractivity (Wildman–Crippen MR) is 109 cm³/mol. The average Bonchev–Trinajstić information content (AvgIpc) is 3.52. The van der Waals surface area contributed by atoms with E-state index in [9.17, 15) is 23.3 Å². The van der Waals surface area contributed by atoms with Crippen LogP contribution in [0.15, 0.2) is 59.5 Å². The summed E-state index contributed by atoms with van der Waals surface area (Å²) >= 11 is 0. The van der Waals surface area contributed by atoms with Crippen molar-refractivity contribution in [2.24, 2.45) is 0 Å². The molecule has 0 aliphatic heterocycles. The molecule has 3 aromatic rings. The molecule has 1 aliphatic rings. The van der Waals surface area contributed by atoms with E-state index in [4.69, 9.17) is 0 Å². The van der Waals surface area contributed by atoms with E-state index >= 15 is 0 Å². The van der Waals surface area contributed by atoms with Gasteiger partial charge >= 0.3 is 6.03 Å². The lowest BCUT2D eigenvalue weighted by atomic mass is 10.3. The third-order valence-corrected chi connectivity index (χ3v) is 6.01. The van der Waals surface area contributed by atoms with Crippen molar-refractivity contribution in [3.8, 4) is 5.69 Å². The molecule has 0 saturated heterocycles. The molecule has 1 aromatic heterocycles. The maximum Gasteiger partial charge on any atom is 0.329 e. The van der Waals surface area contributed by atoms with Gasteiger partial charge in [0.15, 0.2) is 5.82 Å². The Balaban J connectivity index is 1.48. The third-order valence-electron chi connectivity index (χ3n) is 4.68. The van der Waals surface area contributed by atoms with Crippen molar-refractivity contribution < 1.29 is 18.1 Å². The number of hydrogen-bond donors (Lipinski definition) is 2. The Morgan fingerprint density at radius 1 is 1.13 bits per heavy atom. The summed E-state index contributed by atoms with van der Waals surface area (Å²) < 4.78 is 28.5. The summed E-state index contributed by atoms with van der Waals surface area (Å²) in [5.41, 5.74) is 0.447. The molecule has 1 heterocycles. The Kier molecular flexibility index (Phi) is 5.38. The molecule has 4 rings (SSSR count). The Morgan fingerprint density at radius 3 is 2.55 bits per heavy atom. The molecule has 1 fully saturated rings. The lowest BCUT2D eigenvalue weighted by Crippen LogP contribution is -2.39. The fourth-order valence-corrected chi connectivity index (χ4v) is 4.02. The van der Waals surface area contributed by atoms with Gasteiger partial charge in [0, 0.05) is 23.7 Å². The van der Waals surface area contributed by atoms with Gasteiger partial charge in [-0.05, 0) is 31.0 Å². The van der Waals surface area contributed by atoms with Gasteiger partial charge in [0.1, 0.15) is 5.82 Å². The molecule has 2 aromatic carbocycles. The van der Waals surface area contributed by atoms with Crippen LogP contribution in [0.25, 0.3) is 5.69 Å². The number of nitro groups is 1. The molecule has 1 aliphatic carbocycles. The second-order valence-corrected chi connectivity index (χ2v) is 8.64. The topological polar surface area (TPSA) is 149 Å². The SMILES string of the molecule is O=C(NCc1nnc(C2CC2)n1-c1ccccc1)NS(=O)(=O)c1cccc([N+](=O)[O-])c1. The van der Waals surface area contributed by atoms with E-state index < -0.39 is 26.7 Å². The summed E-state index contributed by atoms with van der Waals surface area (Å²) in [6.07, 6.45) is 2.03. The number of urea groups is 1. The summed E-state index contributed by atoms with van der Waals surface area (Å²) in [6, 6.07) is 12.9. The first-order valence-corrected chi connectivity index (χ1v) is 10.9. The summed E-state index contributed by atoms with van der Waals surface area (Å²) in [4.78, 5) is 22.0. The van der Waals surface area contributed by atoms with Gasteiger partial charge in [-0.25, -0.2) is 17.9 Å². The van der Waals surface area contributed by atoms with Crippen molar-refractivity contribution in [1.29, 1.82) is 0 Å². The normalized spacial score (nSPS) is 13.5. The zero-order chi connectivity index (χ0) is 22.0. The maximum absolute atomic E-state index is 12.4. The summed E-state index contributed by atoms with van der Waals surface area (Å²) in [7, 11) is -4.29. The van der Waals surface area contributed by atoms with Gasteiger partial charge in [-0.3, -0.25) is 14.7 Å². The Hall–Kier alpha value is -3.80. The lowest BCUT2D eigenvalue weighted by molar-refractivity contribution is -0.385. The second-order valence-electron chi connectivity index (χ2n) is 6.96. The largest absolute Gasteiger partial charge is 0.330 e. The zero-order valence-electron chi connectivity index (χ0n) is 16.1. The van der Waals surface area contributed by atoms with Crippen LogP contribution in [0.3, 0.4) is 0 Å². The molecule has 31 heavy (non-hydrogen) atoms. The standard InChI is InChI=1S/C19H18N6O5S/c26-19(23-31(29,30)16-8-4-7-15(11-16)25(27)28)20-12-17-21-22-18(13-9-10-13)24(17)14-5-2-1-3-6-14/h1-8,11,13H,9-10,12H2,(H2,20,23,26). The van der Waals surface area contributed by atoms with Crippen LogP contribution < -0.4 is 10.0 Å². The van der Waals surface area contributed by atoms with Gasteiger partial charge in [-0.15, -0.1) is 10.2 Å². The van der Waals surface area contributed by atoms with Crippen LogP contribution in [0.1, 0.15) is 30.4 Å². The monoisotopic (exact) mass is 442 g/mol. The van der Waals surface area contributed by atoms with Gasteiger partial charge in [-0.2, -0.15) is 0 Å². The number of nitro benzene ring substituents is 1. The number of hydrogen-bond acceptors (Lipinski definition) is 7. The van der Waals surface area contributed by atoms with Crippen LogP contribution in [0.5, 0.6) is 0 Å². The minimum atomic E-state index is -4.29. The number of rotatable bonds is 7. The molecule has 0 bridgehead atoms. The van der Waals surface area contributed by atoms with E-state index in [0.717, 1.165) is 42.6 Å². The molecule has 11 nitrogen and oxygen atoms in total. The number of aromatic nitrogens is 3. The van der Waals surface area contributed by atoms with Crippen LogP contribution in [-0.2, 0) is 16.6 Å². The first-order valence-electron chi connectivity index (χ1n) is 9.40. The van der Waals surface area contributed by atoms with E-state index in [0.29, 0.717) is 11.7 Å². The highest BCUT2D eigenvalue weighted by atomic mass is 32.2. The van der Waals surface area contributed by atoms with Crippen LogP contribution >= 0.6 is 0 Å². The highest BCUT2D eigenvalue weighted by Gasteiger charge is 2.31. The number of para-hydroxylation sites is 1. The Bertz CT molecular complexity index is 1240. The van der Waals surface area contributed by atoms with Gasteiger partial charge in [0.25, 0.3) is 15.7 Å². The van der Waals surface area contributed by atoms with Gasteiger partial charge in [0.2, 0.25) is 0 Å². The highest BCUT2D eigenvalue weighted by molar-refractivity contribution is 7.90. The first-order chi connectivity index (χ1) is 14.8. The van der Waals surface area contributed by atoms with Crippen LogP contribution in [-0.4, -0.2) is 34.1 Å². The number of nitrogens with one attached hydrogen (secondary N) is 2. The fourth-order valence-electron chi connectivity index (χ4n) is 3.05. The van der Waals surface area contributed by atoms with E-state index in [1.165, 1.54) is 6.07 Å². The quantitative estimate of drug-likeness (QED) is 0.421. The van der Waals surface area contributed by atoms with Crippen LogP contribution in [0, 0.1) is 10.1 Å². The molecule has 1 saturated carbocycles. The number of amides is 2. The first kappa shape index (κ1) is 20.5. The summed E-state index contributed by atoms with van der Waals surface area (Å²) in [5.74, 6) is 1.56. The van der Waals surface area contributed by atoms with Crippen molar-refractivity contribution in [3.63, 3.8) is 0 Å². The number of carbonyl (C=O) groups excluding carboxylic acids is 1. The number of benzene rings is 2. The molecule has 0 spiro atoms. The number of carbonyl (C=O) groups is 1.